The minimum atomic E-state index is 0.170. The molecule has 26 heavy (non-hydrogen) atoms. The number of ether oxygens (including phenoxy) is 1. The van der Waals surface area contributed by atoms with Crippen LogP contribution >= 0.6 is 11.3 Å². The number of hydrogen-bond donors (Lipinski definition) is 0. The fourth-order valence-corrected chi connectivity index (χ4v) is 5.78. The monoisotopic (exact) mass is 372 g/mol. The Morgan fingerprint density at radius 1 is 1.08 bits per heavy atom. The van der Waals surface area contributed by atoms with Gasteiger partial charge in [-0.15, -0.1) is 11.3 Å². The fourth-order valence-electron chi connectivity index (χ4n) is 4.72. The molecule has 0 bridgehead atoms. The predicted molar refractivity (Wildman–Crippen MR) is 106 cm³/mol. The van der Waals surface area contributed by atoms with E-state index in [1.807, 2.05) is 12.1 Å². The van der Waals surface area contributed by atoms with Crippen molar-refractivity contribution in [1.82, 2.24) is 9.88 Å². The molecule has 0 radical (unpaired) electrons. The molecule has 2 fully saturated rings. The van der Waals surface area contributed by atoms with Gasteiger partial charge in [0.25, 0.3) is 5.91 Å². The molecule has 0 unspecified atom stereocenters. The smallest absolute Gasteiger partial charge is 0.268 e. The van der Waals surface area contributed by atoms with Crippen LogP contribution in [0.5, 0.6) is 5.75 Å². The quantitative estimate of drug-likeness (QED) is 0.720. The number of carbonyl (C=O) groups is 1. The molecule has 4 nitrogen and oxygen atoms in total. The van der Waals surface area contributed by atoms with Crippen molar-refractivity contribution >= 4 is 27.5 Å². The Morgan fingerprint density at radius 2 is 1.69 bits per heavy atom. The summed E-state index contributed by atoms with van der Waals surface area (Å²) in [6.07, 6.45) is 13.9. The summed E-state index contributed by atoms with van der Waals surface area (Å²) < 4.78 is 5.67. The van der Waals surface area contributed by atoms with Crippen molar-refractivity contribution in [2.45, 2.75) is 76.3 Å². The van der Waals surface area contributed by atoms with Crippen molar-refractivity contribution in [3.63, 3.8) is 0 Å². The number of pyridine rings is 1. The Balaban J connectivity index is 1.71. The van der Waals surface area contributed by atoms with Crippen LogP contribution in [0.25, 0.3) is 10.2 Å². The average molecular weight is 373 g/mol. The summed E-state index contributed by atoms with van der Waals surface area (Å²) >= 11 is 1.49. The second-order valence-electron chi connectivity index (χ2n) is 7.62. The minimum Gasteiger partial charge on any atom is -0.494 e. The van der Waals surface area contributed by atoms with E-state index in [0.29, 0.717) is 17.8 Å². The third-order valence-electron chi connectivity index (χ3n) is 5.99. The van der Waals surface area contributed by atoms with Crippen molar-refractivity contribution < 1.29 is 9.53 Å². The molecule has 0 atom stereocenters. The lowest BCUT2D eigenvalue weighted by molar-refractivity contribution is 0.0451. The molecule has 2 heterocycles. The highest BCUT2D eigenvalue weighted by atomic mass is 32.1. The van der Waals surface area contributed by atoms with Gasteiger partial charge in [0.05, 0.1) is 12.5 Å². The van der Waals surface area contributed by atoms with Gasteiger partial charge in [0, 0.05) is 18.3 Å². The largest absolute Gasteiger partial charge is 0.494 e. The van der Waals surface area contributed by atoms with Crippen molar-refractivity contribution in [1.29, 1.82) is 0 Å². The van der Waals surface area contributed by atoms with E-state index in [2.05, 4.69) is 9.88 Å². The summed E-state index contributed by atoms with van der Waals surface area (Å²) in [5, 5.41) is 0.954. The van der Waals surface area contributed by atoms with Crippen molar-refractivity contribution in [2.24, 2.45) is 0 Å². The van der Waals surface area contributed by atoms with Crippen LogP contribution in [0.2, 0.25) is 0 Å². The topological polar surface area (TPSA) is 42.4 Å². The zero-order chi connectivity index (χ0) is 17.9. The van der Waals surface area contributed by atoms with Gasteiger partial charge in [-0.05, 0) is 37.8 Å². The number of aromatic nitrogens is 1. The summed E-state index contributed by atoms with van der Waals surface area (Å²) in [4.78, 5) is 22.0. The number of rotatable bonds is 4. The van der Waals surface area contributed by atoms with Gasteiger partial charge < -0.3 is 9.64 Å². The number of fused-ring (bicyclic) bond motifs is 1. The molecule has 1 amide bonds. The summed E-state index contributed by atoms with van der Waals surface area (Å²) in [5.74, 6) is 0.878. The van der Waals surface area contributed by atoms with E-state index >= 15 is 0 Å². The fraction of sp³-hybridized carbons (Fsp3) is 0.619. The van der Waals surface area contributed by atoms with E-state index in [-0.39, 0.29) is 5.91 Å². The van der Waals surface area contributed by atoms with Crippen molar-refractivity contribution in [2.75, 3.05) is 7.11 Å². The average Bonchev–Trinajstić information content (AvgIpc) is 3.08. The third-order valence-corrected chi connectivity index (χ3v) is 7.07. The van der Waals surface area contributed by atoms with Gasteiger partial charge >= 0.3 is 0 Å². The molecule has 2 aromatic heterocycles. The van der Waals surface area contributed by atoms with Crippen LogP contribution in [0, 0.1) is 0 Å². The first-order valence-corrected chi connectivity index (χ1v) is 10.9. The second-order valence-corrected chi connectivity index (χ2v) is 8.62. The Morgan fingerprint density at radius 3 is 2.27 bits per heavy atom. The molecule has 4 rings (SSSR count). The highest BCUT2D eigenvalue weighted by Crippen LogP contribution is 2.39. The van der Waals surface area contributed by atoms with Crippen LogP contribution in [-0.2, 0) is 0 Å². The first kappa shape index (κ1) is 17.8. The molecule has 0 aromatic carbocycles. The van der Waals surface area contributed by atoms with Gasteiger partial charge in [0.2, 0.25) is 0 Å². The highest BCUT2D eigenvalue weighted by molar-refractivity contribution is 7.20. The van der Waals surface area contributed by atoms with Crippen LogP contribution in [-0.4, -0.2) is 35.0 Å². The normalized spacial score (nSPS) is 19.6. The number of thiophene rings is 1. The number of methoxy groups -OCH3 is 1. The maximum absolute atomic E-state index is 13.7. The first-order valence-electron chi connectivity index (χ1n) is 10.0. The standard InChI is InChI=1S/C21H28N2O2S/c1-25-18-17-13-8-14-22-20(17)26-19(18)21(24)23(15-9-4-2-5-10-15)16-11-6-3-7-12-16/h8,13-16H,2-7,9-12H2,1H3. The molecular weight excluding hydrogens is 344 g/mol. The number of amides is 1. The van der Waals surface area contributed by atoms with E-state index in [9.17, 15) is 4.79 Å². The molecule has 2 aliphatic rings. The Labute approximate surface area is 159 Å². The third kappa shape index (κ3) is 3.34. The molecule has 2 saturated carbocycles. The van der Waals surface area contributed by atoms with E-state index in [4.69, 9.17) is 4.74 Å². The van der Waals surface area contributed by atoms with Gasteiger partial charge in [-0.3, -0.25) is 4.79 Å². The van der Waals surface area contributed by atoms with Gasteiger partial charge in [-0.25, -0.2) is 4.98 Å². The lowest BCUT2D eigenvalue weighted by atomic mass is 9.88. The minimum absolute atomic E-state index is 0.170. The van der Waals surface area contributed by atoms with Crippen LogP contribution in [0.1, 0.15) is 73.9 Å². The lowest BCUT2D eigenvalue weighted by Crippen LogP contribution is -2.48. The summed E-state index contributed by atoms with van der Waals surface area (Å²) in [6, 6.07) is 4.69. The van der Waals surface area contributed by atoms with Crippen LogP contribution < -0.4 is 4.74 Å². The van der Waals surface area contributed by atoms with Gasteiger partial charge in [0.1, 0.15) is 9.71 Å². The molecule has 0 aliphatic heterocycles. The van der Waals surface area contributed by atoms with Crippen LogP contribution in [0.4, 0.5) is 0 Å². The molecule has 2 aliphatic carbocycles. The lowest BCUT2D eigenvalue weighted by Gasteiger charge is -2.41. The zero-order valence-corrected chi connectivity index (χ0v) is 16.4. The van der Waals surface area contributed by atoms with Gasteiger partial charge in [-0.2, -0.15) is 0 Å². The van der Waals surface area contributed by atoms with E-state index in [1.165, 1.54) is 49.9 Å². The van der Waals surface area contributed by atoms with E-state index in [0.717, 1.165) is 40.8 Å². The van der Waals surface area contributed by atoms with Crippen molar-refractivity contribution in [3.8, 4) is 5.75 Å². The maximum Gasteiger partial charge on any atom is 0.268 e. The molecule has 0 spiro atoms. The van der Waals surface area contributed by atoms with Crippen molar-refractivity contribution in [3.05, 3.63) is 23.2 Å². The Bertz CT molecular complexity index is 742. The second kappa shape index (κ2) is 7.95. The number of carbonyl (C=O) groups excluding carboxylic acids is 1. The van der Waals surface area contributed by atoms with Gasteiger partial charge in [0.15, 0.2) is 5.75 Å². The van der Waals surface area contributed by atoms with E-state index < -0.39 is 0 Å². The maximum atomic E-state index is 13.7. The predicted octanol–water partition coefficient (Wildman–Crippen LogP) is 5.41. The molecule has 0 saturated heterocycles. The molecule has 0 N–H and O–H groups in total. The first-order chi connectivity index (χ1) is 12.8. The number of nitrogens with zero attached hydrogens (tertiary/aromatic N) is 2. The molecular formula is C21H28N2O2S. The van der Waals surface area contributed by atoms with Crippen LogP contribution in [0.3, 0.4) is 0 Å². The molecule has 5 heteroatoms. The van der Waals surface area contributed by atoms with Crippen LogP contribution in [0.15, 0.2) is 18.3 Å². The Hall–Kier alpha value is -1.62. The highest BCUT2D eigenvalue weighted by Gasteiger charge is 2.35. The SMILES string of the molecule is COc1c(C(=O)N(C2CCCCC2)C2CCCCC2)sc2ncccc12. The van der Waals surface area contributed by atoms with Gasteiger partial charge in [-0.1, -0.05) is 38.5 Å². The zero-order valence-electron chi connectivity index (χ0n) is 15.6. The number of hydrogen-bond acceptors (Lipinski definition) is 4. The summed E-state index contributed by atoms with van der Waals surface area (Å²) in [5.41, 5.74) is 0. The molecule has 2 aromatic rings. The Kier molecular flexibility index (Phi) is 5.44. The van der Waals surface area contributed by atoms with E-state index in [1.54, 1.807) is 13.3 Å². The molecule has 140 valence electrons. The summed E-state index contributed by atoms with van der Waals surface area (Å²) in [6.45, 7) is 0. The summed E-state index contributed by atoms with van der Waals surface area (Å²) in [7, 11) is 1.66.